The molecular formula is C17H22N3O2+. The third kappa shape index (κ3) is 3.95. The van der Waals surface area contributed by atoms with Crippen LogP contribution in [0.4, 0.5) is 0 Å². The maximum absolute atomic E-state index is 5.95. The molecule has 1 aromatic carbocycles. The van der Waals surface area contributed by atoms with Crippen molar-refractivity contribution in [2.24, 2.45) is 0 Å². The van der Waals surface area contributed by atoms with Crippen molar-refractivity contribution in [2.75, 3.05) is 26.2 Å². The molecule has 2 aromatic rings. The summed E-state index contributed by atoms with van der Waals surface area (Å²) in [6, 6.07) is 8.01. The smallest absolute Gasteiger partial charge is 0.250 e. The van der Waals surface area contributed by atoms with Crippen LogP contribution in [0.2, 0.25) is 0 Å². The molecule has 0 saturated carbocycles. The summed E-state index contributed by atoms with van der Waals surface area (Å²) in [5.74, 6) is 2.04. The van der Waals surface area contributed by atoms with Gasteiger partial charge in [0.05, 0.1) is 13.1 Å². The summed E-state index contributed by atoms with van der Waals surface area (Å²) in [6.45, 7) is 6.18. The van der Waals surface area contributed by atoms with E-state index in [0.717, 1.165) is 24.5 Å². The van der Waals surface area contributed by atoms with Gasteiger partial charge in [-0.05, 0) is 19.1 Å². The first kappa shape index (κ1) is 14.8. The summed E-state index contributed by atoms with van der Waals surface area (Å²) in [4.78, 5) is 5.81. The minimum Gasteiger partial charge on any atom is -0.487 e. The molecule has 0 atom stereocenters. The van der Waals surface area contributed by atoms with Gasteiger partial charge in [-0.2, -0.15) is 4.98 Å². The fourth-order valence-corrected chi connectivity index (χ4v) is 2.72. The highest BCUT2D eigenvalue weighted by Crippen LogP contribution is 2.20. The third-order valence-electron chi connectivity index (χ3n) is 3.89. The van der Waals surface area contributed by atoms with Gasteiger partial charge in [0, 0.05) is 24.5 Å². The van der Waals surface area contributed by atoms with Crippen molar-refractivity contribution in [2.45, 2.75) is 19.8 Å². The van der Waals surface area contributed by atoms with Gasteiger partial charge in [-0.3, -0.25) is 0 Å². The Morgan fingerprint density at radius 1 is 1.23 bits per heavy atom. The molecule has 1 aromatic heterocycles. The molecular weight excluding hydrogens is 278 g/mol. The van der Waals surface area contributed by atoms with E-state index < -0.39 is 0 Å². The van der Waals surface area contributed by atoms with Crippen LogP contribution in [0.1, 0.15) is 30.1 Å². The van der Waals surface area contributed by atoms with E-state index in [0.29, 0.717) is 11.7 Å². The van der Waals surface area contributed by atoms with Gasteiger partial charge in [0.25, 0.3) is 5.89 Å². The molecule has 1 N–H and O–H groups in total. The van der Waals surface area contributed by atoms with Crippen molar-refractivity contribution in [1.29, 1.82) is 0 Å². The Bertz CT molecular complexity index is 630. The SMILES string of the molecule is Cc1noc(/C=C/c2ccccc2OCC[NH+]2CCCC2)n1. The second-order valence-electron chi connectivity index (χ2n) is 5.61. The van der Waals surface area contributed by atoms with Crippen LogP contribution >= 0.6 is 0 Å². The van der Waals surface area contributed by atoms with Crippen molar-refractivity contribution in [1.82, 2.24) is 10.1 Å². The summed E-state index contributed by atoms with van der Waals surface area (Å²) >= 11 is 0. The van der Waals surface area contributed by atoms with Gasteiger partial charge in [-0.1, -0.05) is 23.4 Å². The molecule has 1 aliphatic rings. The second kappa shape index (κ2) is 7.22. The molecule has 1 fully saturated rings. The number of hydrogen-bond acceptors (Lipinski definition) is 4. The average Bonchev–Trinajstić information content (AvgIpc) is 3.18. The maximum atomic E-state index is 5.95. The molecule has 0 amide bonds. The molecule has 5 heteroatoms. The molecule has 5 nitrogen and oxygen atoms in total. The predicted molar refractivity (Wildman–Crippen MR) is 84.7 cm³/mol. The molecule has 3 rings (SSSR count). The summed E-state index contributed by atoms with van der Waals surface area (Å²) in [5, 5.41) is 3.77. The lowest BCUT2D eigenvalue weighted by molar-refractivity contribution is -0.887. The highest BCUT2D eigenvalue weighted by Gasteiger charge is 2.14. The third-order valence-corrected chi connectivity index (χ3v) is 3.89. The number of nitrogens with zero attached hydrogens (tertiary/aromatic N) is 2. The predicted octanol–water partition coefficient (Wildman–Crippen LogP) is 1.61. The van der Waals surface area contributed by atoms with Crippen molar-refractivity contribution >= 4 is 12.2 Å². The number of hydrogen-bond donors (Lipinski definition) is 1. The molecule has 22 heavy (non-hydrogen) atoms. The number of quaternary nitrogens is 1. The summed E-state index contributed by atoms with van der Waals surface area (Å²) in [5.41, 5.74) is 1.02. The van der Waals surface area contributed by atoms with Crippen molar-refractivity contribution in [3.8, 4) is 5.75 Å². The number of nitrogens with one attached hydrogen (secondary N) is 1. The van der Waals surface area contributed by atoms with Gasteiger partial charge in [0.2, 0.25) is 0 Å². The Balaban J connectivity index is 1.60. The van der Waals surface area contributed by atoms with Crippen LogP contribution in [0.25, 0.3) is 12.2 Å². The van der Waals surface area contributed by atoms with Crippen molar-refractivity contribution < 1.29 is 14.2 Å². The van der Waals surface area contributed by atoms with E-state index in [2.05, 4.69) is 10.1 Å². The second-order valence-corrected chi connectivity index (χ2v) is 5.61. The van der Waals surface area contributed by atoms with E-state index in [1.807, 2.05) is 36.4 Å². The lowest BCUT2D eigenvalue weighted by atomic mass is 10.2. The van der Waals surface area contributed by atoms with Gasteiger partial charge in [-0.15, -0.1) is 0 Å². The van der Waals surface area contributed by atoms with Gasteiger partial charge >= 0.3 is 0 Å². The van der Waals surface area contributed by atoms with Crippen LogP contribution in [0, 0.1) is 6.92 Å². The fourth-order valence-electron chi connectivity index (χ4n) is 2.72. The minimum absolute atomic E-state index is 0.508. The molecule has 0 unspecified atom stereocenters. The quantitative estimate of drug-likeness (QED) is 0.880. The van der Waals surface area contributed by atoms with Crippen molar-refractivity contribution in [3.05, 3.63) is 41.5 Å². The Hall–Kier alpha value is -2.14. The maximum Gasteiger partial charge on any atom is 0.250 e. The highest BCUT2D eigenvalue weighted by atomic mass is 16.5. The fraction of sp³-hybridized carbons (Fsp3) is 0.412. The monoisotopic (exact) mass is 300 g/mol. The summed E-state index contributed by atoms with van der Waals surface area (Å²) < 4.78 is 11.0. The standard InChI is InChI=1S/C17H21N3O2/c1-14-18-17(22-19-14)9-8-15-6-2-3-7-16(15)21-13-12-20-10-4-5-11-20/h2-3,6-9H,4-5,10-13H2,1H3/p+1/b9-8+. The van der Waals surface area contributed by atoms with Gasteiger partial charge in [-0.25, -0.2) is 0 Å². The van der Waals surface area contributed by atoms with Gasteiger partial charge in [0.15, 0.2) is 5.82 Å². The van der Waals surface area contributed by atoms with E-state index in [4.69, 9.17) is 9.26 Å². The van der Waals surface area contributed by atoms with Crippen LogP contribution in [-0.4, -0.2) is 36.4 Å². The van der Waals surface area contributed by atoms with E-state index in [-0.39, 0.29) is 0 Å². The number of rotatable bonds is 6. The van der Waals surface area contributed by atoms with Crippen molar-refractivity contribution in [3.63, 3.8) is 0 Å². The minimum atomic E-state index is 0.508. The number of aromatic nitrogens is 2. The molecule has 116 valence electrons. The Kier molecular flexibility index (Phi) is 4.85. The zero-order valence-corrected chi connectivity index (χ0v) is 12.9. The average molecular weight is 300 g/mol. The first-order valence-electron chi connectivity index (χ1n) is 7.85. The van der Waals surface area contributed by atoms with E-state index >= 15 is 0 Å². The number of aryl methyl sites for hydroxylation is 1. The molecule has 1 saturated heterocycles. The highest BCUT2D eigenvalue weighted by molar-refractivity contribution is 5.69. The Morgan fingerprint density at radius 3 is 2.82 bits per heavy atom. The van der Waals surface area contributed by atoms with Crippen LogP contribution in [0.15, 0.2) is 28.8 Å². The van der Waals surface area contributed by atoms with E-state index in [1.54, 1.807) is 11.8 Å². The molecule has 0 radical (unpaired) electrons. The first-order valence-corrected chi connectivity index (χ1v) is 7.85. The molecule has 0 spiro atoms. The van der Waals surface area contributed by atoms with Gasteiger partial charge < -0.3 is 14.2 Å². The van der Waals surface area contributed by atoms with Crippen LogP contribution in [-0.2, 0) is 0 Å². The Labute approximate surface area is 130 Å². The Morgan fingerprint density at radius 2 is 2.05 bits per heavy atom. The van der Waals surface area contributed by atoms with Crippen LogP contribution in [0.3, 0.4) is 0 Å². The number of ether oxygens (including phenoxy) is 1. The molecule has 2 heterocycles. The summed E-state index contributed by atoms with van der Waals surface area (Å²) in [7, 11) is 0. The van der Waals surface area contributed by atoms with Crippen LogP contribution < -0.4 is 9.64 Å². The molecule has 0 aliphatic carbocycles. The number of para-hydroxylation sites is 1. The number of benzene rings is 1. The molecule has 1 aliphatic heterocycles. The first-order chi connectivity index (χ1) is 10.8. The zero-order chi connectivity index (χ0) is 15.2. The largest absolute Gasteiger partial charge is 0.487 e. The topological polar surface area (TPSA) is 52.6 Å². The lowest BCUT2D eigenvalue weighted by Crippen LogP contribution is -3.10. The van der Waals surface area contributed by atoms with E-state index in [1.165, 1.54) is 25.9 Å². The number of likely N-dealkylation sites (tertiary alicyclic amines) is 1. The molecule has 0 bridgehead atoms. The normalized spacial score (nSPS) is 15.7. The van der Waals surface area contributed by atoms with Crippen LogP contribution in [0.5, 0.6) is 5.75 Å². The van der Waals surface area contributed by atoms with Gasteiger partial charge in [0.1, 0.15) is 18.9 Å². The summed E-state index contributed by atoms with van der Waals surface area (Å²) in [6.07, 6.45) is 6.45. The zero-order valence-electron chi connectivity index (χ0n) is 12.9. The lowest BCUT2D eigenvalue weighted by Gasteiger charge is -2.13. The van der Waals surface area contributed by atoms with E-state index in [9.17, 15) is 0 Å².